The van der Waals surface area contributed by atoms with E-state index in [9.17, 15) is 13.6 Å². The number of fused-ring (bicyclic) bond motifs is 5. The molecule has 5 heteroatoms. The van der Waals surface area contributed by atoms with Gasteiger partial charge in [0.15, 0.2) is 11.6 Å². The van der Waals surface area contributed by atoms with Gasteiger partial charge in [0.25, 0.3) is 0 Å². The molecule has 4 atom stereocenters. The molecule has 21 heavy (non-hydrogen) atoms. The summed E-state index contributed by atoms with van der Waals surface area (Å²) in [4.78, 5) is 11.3. The molecule has 0 aromatic heterocycles. The van der Waals surface area contributed by atoms with Crippen molar-refractivity contribution in [1.29, 1.82) is 0 Å². The minimum Gasteiger partial charge on any atom is -0.465 e. The Hall–Kier alpha value is -1.65. The fourth-order valence-electron chi connectivity index (χ4n) is 4.63. The second-order valence-electron chi connectivity index (χ2n) is 6.44. The van der Waals surface area contributed by atoms with Crippen LogP contribution in [0.4, 0.5) is 14.5 Å². The molecule has 2 bridgehead atoms. The van der Waals surface area contributed by atoms with Gasteiger partial charge in [0.2, 0.25) is 0 Å². The summed E-state index contributed by atoms with van der Waals surface area (Å²) in [6, 6.07) is 2.98. The van der Waals surface area contributed by atoms with Crippen LogP contribution in [-0.4, -0.2) is 19.1 Å². The van der Waals surface area contributed by atoms with Crippen LogP contribution in [0.25, 0.3) is 0 Å². The van der Waals surface area contributed by atoms with E-state index in [-0.39, 0.29) is 17.3 Å². The standard InChI is InChI=1S/C16H17F2NO2/c1-21-16(20)9-4-5-10(14(18)13(9)17)19-15-11-7-2-3-8(6-7)12(11)15/h4-5,7-8,11-12,15,19H,2-3,6H2,1H3. The molecule has 1 aromatic rings. The zero-order chi connectivity index (χ0) is 14.7. The average molecular weight is 293 g/mol. The van der Waals surface area contributed by atoms with Crippen LogP contribution in [0.2, 0.25) is 0 Å². The van der Waals surface area contributed by atoms with Crippen LogP contribution >= 0.6 is 0 Å². The lowest BCUT2D eigenvalue weighted by molar-refractivity contribution is 0.0594. The van der Waals surface area contributed by atoms with Crippen LogP contribution < -0.4 is 5.32 Å². The fraction of sp³-hybridized carbons (Fsp3) is 0.562. The van der Waals surface area contributed by atoms with Gasteiger partial charge in [-0.3, -0.25) is 0 Å². The second-order valence-corrected chi connectivity index (χ2v) is 6.44. The lowest BCUT2D eigenvalue weighted by Gasteiger charge is -2.13. The summed E-state index contributed by atoms with van der Waals surface area (Å²) in [5, 5.41) is 3.14. The molecule has 1 aromatic carbocycles. The Bertz CT molecular complexity index is 603. The summed E-state index contributed by atoms with van der Waals surface area (Å²) < 4.78 is 32.4. The van der Waals surface area contributed by atoms with Crippen molar-refractivity contribution < 1.29 is 18.3 Å². The Morgan fingerprint density at radius 3 is 2.48 bits per heavy atom. The molecule has 0 radical (unpaired) electrons. The SMILES string of the molecule is COC(=O)c1ccc(NC2C3C4CCC(C4)C23)c(F)c1F. The van der Waals surface area contributed by atoms with Crippen molar-refractivity contribution in [3.8, 4) is 0 Å². The zero-order valence-electron chi connectivity index (χ0n) is 11.7. The monoisotopic (exact) mass is 293 g/mol. The number of ether oxygens (including phenoxy) is 1. The molecule has 3 fully saturated rings. The molecule has 1 N–H and O–H groups in total. The smallest absolute Gasteiger partial charge is 0.340 e. The molecule has 0 amide bonds. The molecule has 0 saturated heterocycles. The van der Waals surface area contributed by atoms with Crippen LogP contribution in [-0.2, 0) is 4.74 Å². The summed E-state index contributed by atoms with van der Waals surface area (Å²) >= 11 is 0. The summed E-state index contributed by atoms with van der Waals surface area (Å²) in [5.41, 5.74) is -0.212. The summed E-state index contributed by atoms with van der Waals surface area (Å²) in [6.07, 6.45) is 3.87. The van der Waals surface area contributed by atoms with Gasteiger partial charge in [-0.2, -0.15) is 0 Å². The number of nitrogens with one attached hydrogen (secondary N) is 1. The third-order valence-electron chi connectivity index (χ3n) is 5.55. The summed E-state index contributed by atoms with van der Waals surface area (Å²) in [6.45, 7) is 0. The van der Waals surface area contributed by atoms with Crippen molar-refractivity contribution >= 4 is 11.7 Å². The van der Waals surface area contributed by atoms with Crippen molar-refractivity contribution in [2.75, 3.05) is 12.4 Å². The number of esters is 1. The molecule has 3 saturated carbocycles. The molecule has 3 aliphatic rings. The highest BCUT2D eigenvalue weighted by molar-refractivity contribution is 5.90. The normalized spacial score (nSPS) is 35.5. The zero-order valence-corrected chi connectivity index (χ0v) is 11.7. The van der Waals surface area contributed by atoms with E-state index in [4.69, 9.17) is 0 Å². The highest BCUT2D eigenvalue weighted by atomic mass is 19.2. The van der Waals surface area contributed by atoms with Gasteiger partial charge in [0.05, 0.1) is 18.4 Å². The minimum absolute atomic E-state index is 0.152. The van der Waals surface area contributed by atoms with Crippen molar-refractivity contribution in [3.05, 3.63) is 29.3 Å². The van der Waals surface area contributed by atoms with Gasteiger partial charge in [0.1, 0.15) is 0 Å². The molecule has 0 aliphatic heterocycles. The molecule has 4 unspecified atom stereocenters. The maximum atomic E-state index is 14.1. The van der Waals surface area contributed by atoms with Gasteiger partial charge in [-0.25, -0.2) is 13.6 Å². The first-order chi connectivity index (χ1) is 10.1. The predicted molar refractivity (Wildman–Crippen MR) is 72.9 cm³/mol. The largest absolute Gasteiger partial charge is 0.465 e. The van der Waals surface area contributed by atoms with Crippen LogP contribution in [0.5, 0.6) is 0 Å². The highest BCUT2D eigenvalue weighted by Crippen LogP contribution is 2.66. The van der Waals surface area contributed by atoms with Gasteiger partial charge in [-0.1, -0.05) is 0 Å². The average Bonchev–Trinajstić information content (AvgIpc) is 2.87. The van der Waals surface area contributed by atoms with Crippen LogP contribution in [0.1, 0.15) is 29.6 Å². The predicted octanol–water partition coefficient (Wildman–Crippen LogP) is 3.21. The van der Waals surface area contributed by atoms with E-state index in [0.717, 1.165) is 18.9 Å². The highest BCUT2D eigenvalue weighted by Gasteiger charge is 2.65. The van der Waals surface area contributed by atoms with Crippen LogP contribution in [0.3, 0.4) is 0 Å². The van der Waals surface area contributed by atoms with E-state index in [1.54, 1.807) is 0 Å². The van der Waals surface area contributed by atoms with Crippen molar-refractivity contribution in [2.45, 2.75) is 25.3 Å². The second kappa shape index (κ2) is 4.42. The van der Waals surface area contributed by atoms with Gasteiger partial charge >= 0.3 is 5.97 Å². The number of rotatable bonds is 3. The number of hydrogen-bond acceptors (Lipinski definition) is 3. The quantitative estimate of drug-likeness (QED) is 0.870. The molecular weight excluding hydrogens is 276 g/mol. The van der Waals surface area contributed by atoms with Gasteiger partial charge in [-0.05, 0) is 55.1 Å². The molecule has 112 valence electrons. The maximum Gasteiger partial charge on any atom is 0.340 e. The third kappa shape index (κ3) is 1.79. The van der Waals surface area contributed by atoms with E-state index in [1.807, 2.05) is 0 Å². The molecular formula is C16H17F2NO2. The Labute approximate surface area is 121 Å². The van der Waals surface area contributed by atoms with Crippen molar-refractivity contribution in [1.82, 2.24) is 0 Å². The number of hydrogen-bond donors (Lipinski definition) is 1. The Morgan fingerprint density at radius 1 is 1.19 bits per heavy atom. The third-order valence-corrected chi connectivity index (χ3v) is 5.55. The van der Waals surface area contributed by atoms with E-state index in [2.05, 4.69) is 10.1 Å². The van der Waals surface area contributed by atoms with Gasteiger partial charge in [-0.15, -0.1) is 0 Å². The van der Waals surface area contributed by atoms with Crippen molar-refractivity contribution in [3.63, 3.8) is 0 Å². The first kappa shape index (κ1) is 13.0. The number of benzene rings is 1. The Balaban J connectivity index is 1.54. The number of halogens is 2. The fourth-order valence-corrected chi connectivity index (χ4v) is 4.63. The summed E-state index contributed by atoms with van der Waals surface area (Å²) in [7, 11) is 1.15. The van der Waals surface area contributed by atoms with Crippen molar-refractivity contribution in [2.24, 2.45) is 23.7 Å². The van der Waals surface area contributed by atoms with E-state index in [0.29, 0.717) is 11.8 Å². The maximum absolute atomic E-state index is 14.1. The molecule has 4 rings (SSSR count). The van der Waals surface area contributed by atoms with E-state index in [1.165, 1.54) is 31.4 Å². The molecule has 3 nitrogen and oxygen atoms in total. The Morgan fingerprint density at radius 2 is 1.86 bits per heavy atom. The summed E-state index contributed by atoms with van der Waals surface area (Å²) in [5.74, 6) is -0.201. The number of carbonyl (C=O) groups is 1. The van der Waals surface area contributed by atoms with E-state index >= 15 is 0 Å². The number of methoxy groups -OCH3 is 1. The van der Waals surface area contributed by atoms with E-state index < -0.39 is 17.6 Å². The van der Waals surface area contributed by atoms with Crippen LogP contribution in [0.15, 0.2) is 12.1 Å². The molecule has 0 spiro atoms. The minimum atomic E-state index is -1.14. The van der Waals surface area contributed by atoms with Crippen LogP contribution in [0, 0.1) is 35.3 Å². The first-order valence-electron chi connectivity index (χ1n) is 7.44. The molecule has 3 aliphatic carbocycles. The number of carbonyl (C=O) groups excluding carboxylic acids is 1. The molecule has 0 heterocycles. The van der Waals surface area contributed by atoms with Gasteiger partial charge < -0.3 is 10.1 Å². The lowest BCUT2D eigenvalue weighted by atomic mass is 10.0. The first-order valence-corrected chi connectivity index (χ1v) is 7.44. The lowest BCUT2D eigenvalue weighted by Crippen LogP contribution is -2.15. The topological polar surface area (TPSA) is 38.3 Å². The van der Waals surface area contributed by atoms with Gasteiger partial charge in [0, 0.05) is 6.04 Å². The number of anilines is 1. The Kier molecular flexibility index (Phi) is 2.75.